The lowest BCUT2D eigenvalue weighted by Gasteiger charge is -2.37. The zero-order valence-corrected chi connectivity index (χ0v) is 16.6. The number of piperazine rings is 1. The number of hydrazone groups is 1. The van der Waals surface area contributed by atoms with Crippen molar-refractivity contribution in [2.45, 2.75) is 12.5 Å². The molecule has 4 rings (SSSR count). The second kappa shape index (κ2) is 8.73. The van der Waals surface area contributed by atoms with Crippen LogP contribution in [0.4, 0.5) is 10.7 Å². The van der Waals surface area contributed by atoms with E-state index in [0.29, 0.717) is 37.8 Å². The minimum absolute atomic E-state index is 0.0571. The number of carbonyl (C=O) groups is 1. The summed E-state index contributed by atoms with van der Waals surface area (Å²) >= 11 is 0. The van der Waals surface area contributed by atoms with Gasteiger partial charge in [0.05, 0.1) is 17.4 Å². The molecule has 0 saturated carbocycles. The summed E-state index contributed by atoms with van der Waals surface area (Å²) in [6, 6.07) is 11.5. The van der Waals surface area contributed by atoms with Crippen molar-refractivity contribution in [1.82, 2.24) is 19.9 Å². The number of nitrogens with one attached hydrogen (secondary N) is 1. The SMILES string of the molecule is N=C(/C=C\N)c1ccnc(N2CCN(C(=O)N3N=CCC3c3ccccc3)CC2)n1. The first-order valence-corrected chi connectivity index (χ1v) is 9.88. The van der Waals surface area contributed by atoms with Gasteiger partial charge < -0.3 is 15.5 Å². The smallest absolute Gasteiger partial charge is 0.341 e. The number of amides is 2. The van der Waals surface area contributed by atoms with Crippen LogP contribution in [0.1, 0.15) is 23.7 Å². The molecule has 1 aromatic heterocycles. The largest absolute Gasteiger partial charge is 0.405 e. The van der Waals surface area contributed by atoms with Crippen LogP contribution in [0, 0.1) is 5.41 Å². The normalized spacial score (nSPS) is 18.9. The Morgan fingerprint density at radius 2 is 1.90 bits per heavy atom. The average Bonchev–Trinajstić information content (AvgIpc) is 3.29. The van der Waals surface area contributed by atoms with Gasteiger partial charge in [0.15, 0.2) is 0 Å². The molecular weight excluding hydrogens is 380 g/mol. The molecule has 1 aromatic carbocycles. The van der Waals surface area contributed by atoms with Gasteiger partial charge in [0, 0.05) is 45.0 Å². The first-order chi connectivity index (χ1) is 14.7. The number of nitrogens with two attached hydrogens (primary N) is 1. The van der Waals surface area contributed by atoms with Gasteiger partial charge in [0.2, 0.25) is 5.95 Å². The maximum absolute atomic E-state index is 13.1. The van der Waals surface area contributed by atoms with Crippen LogP contribution in [0.5, 0.6) is 0 Å². The van der Waals surface area contributed by atoms with Crippen LogP contribution in [-0.2, 0) is 0 Å². The van der Waals surface area contributed by atoms with E-state index < -0.39 is 0 Å². The summed E-state index contributed by atoms with van der Waals surface area (Å²) in [6.45, 7) is 2.34. The van der Waals surface area contributed by atoms with E-state index in [4.69, 9.17) is 11.1 Å². The molecule has 1 unspecified atom stereocenters. The van der Waals surface area contributed by atoms with Crippen molar-refractivity contribution in [3.8, 4) is 0 Å². The number of allylic oxidation sites excluding steroid dienone is 1. The van der Waals surface area contributed by atoms with E-state index in [1.807, 2.05) is 40.1 Å². The highest BCUT2D eigenvalue weighted by atomic mass is 16.2. The molecule has 9 nitrogen and oxygen atoms in total. The van der Waals surface area contributed by atoms with E-state index in [1.165, 1.54) is 12.3 Å². The Morgan fingerprint density at radius 1 is 1.13 bits per heavy atom. The zero-order chi connectivity index (χ0) is 20.9. The summed E-state index contributed by atoms with van der Waals surface area (Å²) in [5.41, 5.74) is 7.19. The fraction of sp³-hybridized carbons (Fsp3) is 0.286. The van der Waals surface area contributed by atoms with E-state index in [2.05, 4.69) is 15.1 Å². The number of hydrogen-bond donors (Lipinski definition) is 2. The van der Waals surface area contributed by atoms with E-state index in [9.17, 15) is 4.79 Å². The van der Waals surface area contributed by atoms with Crippen molar-refractivity contribution >= 4 is 23.9 Å². The molecule has 0 aliphatic carbocycles. The average molecular weight is 404 g/mol. The Labute approximate surface area is 175 Å². The predicted octanol–water partition coefficient (Wildman–Crippen LogP) is 1.99. The van der Waals surface area contributed by atoms with Crippen molar-refractivity contribution in [2.24, 2.45) is 10.8 Å². The van der Waals surface area contributed by atoms with Crippen LogP contribution in [-0.4, -0.2) is 64.0 Å². The molecule has 0 radical (unpaired) electrons. The lowest BCUT2D eigenvalue weighted by molar-refractivity contribution is 0.139. The summed E-state index contributed by atoms with van der Waals surface area (Å²) < 4.78 is 0. The van der Waals surface area contributed by atoms with Crippen LogP contribution in [0.2, 0.25) is 0 Å². The Balaban J connectivity index is 1.40. The highest BCUT2D eigenvalue weighted by Crippen LogP contribution is 2.29. The van der Waals surface area contributed by atoms with Crippen LogP contribution < -0.4 is 10.6 Å². The highest BCUT2D eigenvalue weighted by molar-refractivity contribution is 6.05. The fourth-order valence-corrected chi connectivity index (χ4v) is 3.63. The molecule has 30 heavy (non-hydrogen) atoms. The van der Waals surface area contributed by atoms with Gasteiger partial charge in [-0.25, -0.2) is 19.8 Å². The summed E-state index contributed by atoms with van der Waals surface area (Å²) in [7, 11) is 0. The van der Waals surface area contributed by atoms with E-state index >= 15 is 0 Å². The third-order valence-corrected chi connectivity index (χ3v) is 5.23. The van der Waals surface area contributed by atoms with E-state index in [-0.39, 0.29) is 17.8 Å². The molecule has 2 aromatic rings. The Bertz CT molecular complexity index is 966. The molecule has 1 fully saturated rings. The van der Waals surface area contributed by atoms with Gasteiger partial charge >= 0.3 is 6.03 Å². The molecular formula is C21H24N8O. The van der Waals surface area contributed by atoms with Gasteiger partial charge in [-0.2, -0.15) is 5.10 Å². The number of hydrogen-bond acceptors (Lipinski definition) is 7. The summed E-state index contributed by atoms with van der Waals surface area (Å²) in [5, 5.41) is 13.9. The lowest BCUT2D eigenvalue weighted by atomic mass is 10.1. The minimum Gasteiger partial charge on any atom is -0.405 e. The maximum atomic E-state index is 13.1. The Kier molecular flexibility index (Phi) is 5.69. The fourth-order valence-electron chi connectivity index (χ4n) is 3.63. The first kappa shape index (κ1) is 19.6. The van der Waals surface area contributed by atoms with Gasteiger partial charge in [0.25, 0.3) is 0 Å². The van der Waals surface area contributed by atoms with Gasteiger partial charge in [0.1, 0.15) is 0 Å². The van der Waals surface area contributed by atoms with Gasteiger partial charge in [-0.1, -0.05) is 30.3 Å². The number of anilines is 1. The first-order valence-electron chi connectivity index (χ1n) is 9.88. The summed E-state index contributed by atoms with van der Waals surface area (Å²) in [4.78, 5) is 25.7. The number of carbonyl (C=O) groups excluding carboxylic acids is 1. The molecule has 1 saturated heterocycles. The number of benzene rings is 1. The minimum atomic E-state index is -0.0817. The monoisotopic (exact) mass is 404 g/mol. The van der Waals surface area contributed by atoms with Crippen LogP contribution >= 0.6 is 0 Å². The van der Waals surface area contributed by atoms with Crippen molar-refractivity contribution in [1.29, 1.82) is 5.41 Å². The highest BCUT2D eigenvalue weighted by Gasteiger charge is 2.33. The van der Waals surface area contributed by atoms with Crippen LogP contribution in [0.15, 0.2) is 60.0 Å². The summed E-state index contributed by atoms with van der Waals surface area (Å²) in [5.74, 6) is 0.552. The van der Waals surface area contributed by atoms with Crippen LogP contribution in [0.3, 0.4) is 0 Å². The van der Waals surface area contributed by atoms with E-state index in [0.717, 1.165) is 12.0 Å². The Hall–Kier alpha value is -3.75. The summed E-state index contributed by atoms with van der Waals surface area (Å²) in [6.07, 6.45) is 6.97. The third-order valence-electron chi connectivity index (χ3n) is 5.23. The van der Waals surface area contributed by atoms with Crippen molar-refractivity contribution in [2.75, 3.05) is 31.1 Å². The number of rotatable bonds is 4. The van der Waals surface area contributed by atoms with Gasteiger partial charge in [-0.15, -0.1) is 0 Å². The molecule has 1 atom stereocenters. The van der Waals surface area contributed by atoms with E-state index in [1.54, 1.807) is 23.5 Å². The standard InChI is InChI=1S/C21H24N8O/c22-9-6-17(23)18-7-10-24-20(26-18)27-12-14-28(15-13-27)21(30)29-19(8-11-25-29)16-4-2-1-3-5-16/h1-7,9-11,19,23H,8,12-15,22H2/b9-6-,23-17?. The van der Waals surface area contributed by atoms with Crippen LogP contribution in [0.25, 0.3) is 0 Å². The quantitative estimate of drug-likeness (QED) is 0.756. The molecule has 2 aliphatic rings. The number of nitrogens with zero attached hydrogens (tertiary/aromatic N) is 6. The molecule has 154 valence electrons. The van der Waals surface area contributed by atoms with Gasteiger partial charge in [-0.3, -0.25) is 5.41 Å². The molecule has 3 N–H and O–H groups in total. The van der Waals surface area contributed by atoms with Crippen molar-refractivity contribution in [3.05, 3.63) is 66.1 Å². The number of urea groups is 1. The molecule has 2 amide bonds. The molecule has 0 bridgehead atoms. The predicted molar refractivity (Wildman–Crippen MR) is 116 cm³/mol. The second-order valence-corrected chi connectivity index (χ2v) is 7.08. The second-order valence-electron chi connectivity index (χ2n) is 7.08. The van der Waals surface area contributed by atoms with Gasteiger partial charge in [-0.05, 0) is 23.9 Å². The molecule has 2 aliphatic heterocycles. The topological polar surface area (TPSA) is 115 Å². The number of aromatic nitrogens is 2. The molecule has 9 heteroatoms. The van der Waals surface area contributed by atoms with Crippen molar-refractivity contribution in [3.63, 3.8) is 0 Å². The maximum Gasteiger partial charge on any atom is 0.341 e. The third kappa shape index (κ3) is 4.00. The van der Waals surface area contributed by atoms with Crippen molar-refractivity contribution < 1.29 is 4.79 Å². The zero-order valence-electron chi connectivity index (χ0n) is 16.6. The Morgan fingerprint density at radius 3 is 2.63 bits per heavy atom. The lowest BCUT2D eigenvalue weighted by Crippen LogP contribution is -2.52. The molecule has 0 spiro atoms. The molecule has 3 heterocycles.